The van der Waals surface area contributed by atoms with E-state index in [-0.39, 0.29) is 42.5 Å². The van der Waals surface area contributed by atoms with E-state index in [1.807, 2.05) is 5.32 Å². The van der Waals surface area contributed by atoms with E-state index in [2.05, 4.69) is 8.83 Å². The van der Waals surface area contributed by atoms with E-state index < -0.39 is 58.7 Å². The molecule has 0 saturated carbocycles. The van der Waals surface area contributed by atoms with Gasteiger partial charge in [0.05, 0.1) is 6.61 Å². The molecule has 17 heteroatoms. The molecule has 0 aromatic carbocycles. The molecule has 5 unspecified atom stereocenters. The van der Waals surface area contributed by atoms with E-state index >= 15 is 0 Å². The van der Waals surface area contributed by atoms with Gasteiger partial charge in [0.1, 0.15) is 18.3 Å². The van der Waals surface area contributed by atoms with E-state index in [1.54, 1.807) is 0 Å². The number of phosphoric ester groups is 1. The zero-order valence-electron chi connectivity index (χ0n) is 13.4. The number of carbonyl (C=O) groups is 2. The van der Waals surface area contributed by atoms with Crippen LogP contribution in [0, 0.1) is 0 Å². The topological polar surface area (TPSA) is 212 Å². The zero-order valence-corrected chi connectivity index (χ0v) is 17.2. The number of carbonyl (C=O) groups excluding carboxylic acids is 2. The molecule has 0 aromatic heterocycles. The molecule has 1 radical (unpaired) electrons. The van der Waals surface area contributed by atoms with Crippen molar-refractivity contribution in [1.29, 1.82) is 0 Å². The monoisotopic (exact) mass is 429 g/mol. The summed E-state index contributed by atoms with van der Waals surface area (Å²) in [5.74, 6) is -0.523. The number of aliphatic hydroxyl groups excluding tert-OH is 2. The Morgan fingerprint density at radius 3 is 2.35 bits per heavy atom. The van der Waals surface area contributed by atoms with Crippen molar-refractivity contribution in [2.24, 2.45) is 0 Å². The average molecular weight is 429 g/mol. The third kappa shape index (κ3) is 6.31. The molecule has 2 rings (SSSR count). The first-order chi connectivity index (χ1) is 11.4. The van der Waals surface area contributed by atoms with Gasteiger partial charge in [-0.05, 0) is 0 Å². The molecule has 0 bridgehead atoms. The van der Waals surface area contributed by atoms with Crippen LogP contribution in [0.1, 0.15) is 6.42 Å². The van der Waals surface area contributed by atoms with Gasteiger partial charge in [-0.2, -0.15) is 4.31 Å². The maximum absolute atomic E-state index is 11.7. The van der Waals surface area contributed by atoms with Gasteiger partial charge in [0.25, 0.3) is 0 Å². The molecule has 0 aromatic rings. The van der Waals surface area contributed by atoms with Crippen LogP contribution in [0.15, 0.2) is 0 Å². The summed E-state index contributed by atoms with van der Waals surface area (Å²) in [4.78, 5) is 49.9. The number of hydrogen-bond donors (Lipinski definition) is 6. The third-order valence-corrected chi connectivity index (χ3v) is 5.49. The number of nitrogens with zero attached hydrogens (tertiary/aromatic N) is 1. The quantitative estimate of drug-likeness (QED) is 0.187. The van der Waals surface area contributed by atoms with Gasteiger partial charge in [-0.15, -0.1) is 0 Å². The smallest absolute Gasteiger partial charge is 0.387 e. The molecule has 2 aliphatic rings. The molecule has 5 atom stereocenters. The second-order valence-corrected chi connectivity index (χ2v) is 8.01. The van der Waals surface area contributed by atoms with Crippen molar-refractivity contribution in [2.45, 2.75) is 31.0 Å². The van der Waals surface area contributed by atoms with Gasteiger partial charge in [0.15, 0.2) is 6.23 Å². The van der Waals surface area contributed by atoms with E-state index in [1.165, 1.54) is 0 Å². The van der Waals surface area contributed by atoms with Crippen molar-refractivity contribution in [3.63, 3.8) is 0 Å². The van der Waals surface area contributed by atoms with Crippen LogP contribution in [-0.2, 0) is 27.5 Å². The van der Waals surface area contributed by atoms with Gasteiger partial charge in [-0.1, -0.05) is 0 Å². The molecular weight excluding hydrogens is 413 g/mol. The fourth-order valence-corrected chi connectivity index (χ4v) is 3.87. The second kappa shape index (κ2) is 9.05. The SMILES string of the molecule is O=C1CCN(C2OC(COP(=O)(O)OP(=O)(O)O)C(O)C2O)C(=O)N1.[Na]. The van der Waals surface area contributed by atoms with E-state index in [9.17, 15) is 28.9 Å². The van der Waals surface area contributed by atoms with Crippen LogP contribution in [-0.4, -0.2) is 109 Å². The first-order valence-corrected chi connectivity index (χ1v) is 9.78. The van der Waals surface area contributed by atoms with E-state index in [4.69, 9.17) is 19.4 Å². The Balaban J connectivity index is 0.00000338. The third-order valence-electron chi connectivity index (χ3n) is 3.34. The van der Waals surface area contributed by atoms with Crippen molar-refractivity contribution in [2.75, 3.05) is 13.2 Å². The molecule has 145 valence electrons. The Morgan fingerprint density at radius 2 is 1.81 bits per heavy atom. The number of amides is 3. The van der Waals surface area contributed by atoms with Crippen LogP contribution in [0.4, 0.5) is 4.79 Å². The maximum Gasteiger partial charge on any atom is 0.481 e. The second-order valence-electron chi connectivity index (χ2n) is 5.18. The minimum Gasteiger partial charge on any atom is -0.387 e. The summed E-state index contributed by atoms with van der Waals surface area (Å²) in [7, 11) is -10.5. The van der Waals surface area contributed by atoms with E-state index in [0.29, 0.717) is 0 Å². The number of phosphoric acid groups is 2. The Kier molecular flexibility index (Phi) is 8.40. The van der Waals surface area contributed by atoms with Gasteiger partial charge in [0, 0.05) is 42.5 Å². The standard InChI is InChI=1S/C9H16N2O12P2.Na/c12-5-1-2-11(9(15)10-5)8-7(14)6(13)4(22-8)3-21-25(19,20)23-24(16,17)18;/h4,6-8,13-14H,1-3H2,(H,19,20)(H,10,12,15)(H2,16,17,18);. The number of ether oxygens (including phenoxy) is 1. The Labute approximate surface area is 168 Å². The van der Waals surface area contributed by atoms with Crippen LogP contribution in [0.3, 0.4) is 0 Å². The van der Waals surface area contributed by atoms with Gasteiger partial charge in [0.2, 0.25) is 5.91 Å². The summed E-state index contributed by atoms with van der Waals surface area (Å²) in [5.41, 5.74) is 0. The first kappa shape index (κ1) is 24.1. The molecule has 2 saturated heterocycles. The Morgan fingerprint density at radius 1 is 1.19 bits per heavy atom. The molecule has 3 amide bonds. The summed E-state index contributed by atoms with van der Waals surface area (Å²) in [5, 5.41) is 21.8. The normalized spacial score (nSPS) is 32.0. The van der Waals surface area contributed by atoms with Crippen LogP contribution in [0.5, 0.6) is 0 Å². The predicted octanol–water partition coefficient (Wildman–Crippen LogP) is -2.78. The Bertz CT molecular complexity index is 642. The average Bonchev–Trinajstić information content (AvgIpc) is 2.71. The van der Waals surface area contributed by atoms with Gasteiger partial charge in [-0.25, -0.2) is 13.9 Å². The van der Waals surface area contributed by atoms with Crippen LogP contribution >= 0.6 is 15.6 Å². The summed E-state index contributed by atoms with van der Waals surface area (Å²) in [6.45, 7) is -0.969. The minimum absolute atomic E-state index is 0. The van der Waals surface area contributed by atoms with E-state index in [0.717, 1.165) is 4.90 Å². The van der Waals surface area contributed by atoms with Crippen molar-refractivity contribution >= 4 is 57.1 Å². The van der Waals surface area contributed by atoms with Crippen molar-refractivity contribution in [3.8, 4) is 0 Å². The number of hydrogen-bond acceptors (Lipinski definition) is 9. The molecule has 26 heavy (non-hydrogen) atoms. The molecule has 2 heterocycles. The summed E-state index contributed by atoms with van der Waals surface area (Å²) in [6, 6.07) is -0.855. The van der Waals surface area contributed by atoms with Gasteiger partial charge < -0.3 is 29.6 Å². The first-order valence-electron chi connectivity index (χ1n) is 6.76. The number of nitrogens with one attached hydrogen (secondary N) is 1. The summed E-state index contributed by atoms with van der Waals surface area (Å²) < 4.78 is 35.0. The fraction of sp³-hybridized carbons (Fsp3) is 0.778. The molecule has 6 N–H and O–H groups in total. The van der Waals surface area contributed by atoms with Crippen LogP contribution < -0.4 is 5.32 Å². The maximum atomic E-state index is 11.7. The number of imide groups is 1. The molecule has 2 fully saturated rings. The summed E-state index contributed by atoms with van der Waals surface area (Å²) >= 11 is 0. The largest absolute Gasteiger partial charge is 0.481 e. The molecule has 0 aliphatic carbocycles. The van der Waals surface area contributed by atoms with Crippen LogP contribution in [0.25, 0.3) is 0 Å². The van der Waals surface area contributed by atoms with Crippen molar-refractivity contribution in [3.05, 3.63) is 0 Å². The Hall–Kier alpha value is 0.0800. The zero-order chi connectivity index (χ0) is 19.0. The predicted molar refractivity (Wildman–Crippen MR) is 80.2 cm³/mol. The number of aliphatic hydroxyl groups is 2. The minimum atomic E-state index is -5.31. The number of rotatable bonds is 6. The molecule has 2 aliphatic heterocycles. The van der Waals surface area contributed by atoms with Crippen molar-refractivity contribution in [1.82, 2.24) is 10.2 Å². The molecule has 0 spiro atoms. The van der Waals surface area contributed by atoms with Gasteiger partial charge in [-0.3, -0.25) is 19.5 Å². The van der Waals surface area contributed by atoms with Crippen molar-refractivity contribution < 1.29 is 57.2 Å². The molecular formula is C9H16N2NaO12P2. The summed E-state index contributed by atoms with van der Waals surface area (Å²) in [6.07, 6.45) is -6.10. The van der Waals surface area contributed by atoms with Crippen LogP contribution in [0.2, 0.25) is 0 Å². The number of urea groups is 1. The van der Waals surface area contributed by atoms with Gasteiger partial charge >= 0.3 is 21.7 Å². The fourth-order valence-electron chi connectivity index (χ4n) is 2.27. The molecule has 14 nitrogen and oxygen atoms in total.